The van der Waals surface area contributed by atoms with Crippen molar-refractivity contribution < 1.29 is 0 Å². The third-order valence-electron chi connectivity index (χ3n) is 5.93. The van der Waals surface area contributed by atoms with Crippen molar-refractivity contribution in [3.63, 3.8) is 0 Å². The zero-order valence-corrected chi connectivity index (χ0v) is 18.4. The minimum Gasteiger partial charge on any atom is -0.278 e. The van der Waals surface area contributed by atoms with Gasteiger partial charge in [0.2, 0.25) is 5.95 Å². The predicted molar refractivity (Wildman–Crippen MR) is 118 cm³/mol. The van der Waals surface area contributed by atoms with Crippen LogP contribution in [-0.2, 0) is 18.6 Å². The highest BCUT2D eigenvalue weighted by Gasteiger charge is 2.42. The molecule has 2 N–H and O–H groups in total. The molecule has 1 unspecified atom stereocenters. The maximum Gasteiger partial charge on any atom is 0.249 e. The number of hydrogen-bond acceptors (Lipinski definition) is 7. The van der Waals surface area contributed by atoms with Crippen LogP contribution < -0.4 is 15.8 Å². The second kappa shape index (κ2) is 6.99. The molecule has 2 aliphatic heterocycles. The van der Waals surface area contributed by atoms with Crippen molar-refractivity contribution in [3.05, 3.63) is 50.9 Å². The number of rotatable bonds is 3. The zero-order chi connectivity index (χ0) is 19.5. The van der Waals surface area contributed by atoms with Crippen molar-refractivity contribution in [2.45, 2.75) is 43.3 Å². The van der Waals surface area contributed by atoms with Crippen LogP contribution in [0.4, 0.5) is 5.95 Å². The summed E-state index contributed by atoms with van der Waals surface area (Å²) in [5.74, 6) is 2.47. The molecule has 2 atom stereocenters. The number of halogens is 1. The summed E-state index contributed by atoms with van der Waals surface area (Å²) in [5, 5.41) is 17.8. The molecule has 1 fully saturated rings. The molecule has 1 aliphatic carbocycles. The van der Waals surface area contributed by atoms with E-state index in [2.05, 4.69) is 49.6 Å². The van der Waals surface area contributed by atoms with Gasteiger partial charge in [-0.15, -0.1) is 21.5 Å². The summed E-state index contributed by atoms with van der Waals surface area (Å²) in [4.78, 5) is 1.54. The highest BCUT2D eigenvalue weighted by atomic mass is 35.5. The highest BCUT2D eigenvalue weighted by molar-refractivity contribution is 7.98. The second-order valence-corrected chi connectivity index (χ2v) is 10.4. The van der Waals surface area contributed by atoms with Crippen LogP contribution in [0.25, 0.3) is 5.00 Å². The van der Waals surface area contributed by atoms with Gasteiger partial charge < -0.3 is 0 Å². The molecular weight excluding hydrogens is 424 g/mol. The average molecular weight is 445 g/mol. The number of benzene rings is 1. The monoisotopic (exact) mass is 444 g/mol. The highest BCUT2D eigenvalue weighted by Crippen LogP contribution is 2.48. The standard InChI is InChI=1S/C20H21ClN6S2/c1-11-2-7-14-15(8-11)29-18-16(14)17-22-10-23-27(17)19-24-25-20(26(18)19)28-9-12-3-5-13(21)6-4-12/h3-6,11,17,22-23H,2,7-10H2,1H3/t11-,17?/m1/s1. The van der Waals surface area contributed by atoms with E-state index in [4.69, 9.17) is 11.6 Å². The van der Waals surface area contributed by atoms with Crippen molar-refractivity contribution >= 4 is 40.6 Å². The van der Waals surface area contributed by atoms with Crippen molar-refractivity contribution in [1.82, 2.24) is 25.5 Å². The maximum atomic E-state index is 6.02. The van der Waals surface area contributed by atoms with Crippen LogP contribution in [0.15, 0.2) is 29.4 Å². The Bertz CT molecular complexity index is 1080. The molecule has 3 aromatic rings. The van der Waals surface area contributed by atoms with E-state index in [-0.39, 0.29) is 6.17 Å². The molecule has 3 aliphatic rings. The molecule has 4 heterocycles. The second-order valence-electron chi connectivity index (χ2n) is 7.92. The summed E-state index contributed by atoms with van der Waals surface area (Å²) in [7, 11) is 0. The fourth-order valence-corrected chi connectivity index (χ4v) is 7.07. The smallest absolute Gasteiger partial charge is 0.249 e. The maximum absolute atomic E-state index is 6.02. The largest absolute Gasteiger partial charge is 0.278 e. The molecule has 0 amide bonds. The molecule has 0 bridgehead atoms. The molecule has 150 valence electrons. The van der Waals surface area contributed by atoms with Crippen LogP contribution in [0.3, 0.4) is 0 Å². The Morgan fingerprint density at radius 2 is 2.14 bits per heavy atom. The van der Waals surface area contributed by atoms with Crippen molar-refractivity contribution in [2.75, 3.05) is 11.7 Å². The summed E-state index contributed by atoms with van der Waals surface area (Å²) in [6, 6.07) is 8.02. The minimum atomic E-state index is 0.143. The van der Waals surface area contributed by atoms with Crippen LogP contribution in [-0.4, -0.2) is 21.4 Å². The fourth-order valence-electron chi connectivity index (χ4n) is 4.45. The Labute approximate surface area is 182 Å². The summed E-state index contributed by atoms with van der Waals surface area (Å²) in [5.41, 5.74) is 7.62. The topological polar surface area (TPSA) is 58.0 Å². The van der Waals surface area contributed by atoms with Gasteiger partial charge in [-0.25, -0.2) is 9.99 Å². The lowest BCUT2D eigenvalue weighted by Gasteiger charge is -2.31. The summed E-state index contributed by atoms with van der Waals surface area (Å²) in [6.07, 6.45) is 3.75. The van der Waals surface area contributed by atoms with Crippen LogP contribution in [0.2, 0.25) is 5.02 Å². The number of thioether (sulfide) groups is 1. The Morgan fingerprint density at radius 3 is 3.00 bits per heavy atom. The third-order valence-corrected chi connectivity index (χ3v) is 8.43. The predicted octanol–water partition coefficient (Wildman–Crippen LogP) is 4.28. The van der Waals surface area contributed by atoms with Gasteiger partial charge >= 0.3 is 0 Å². The summed E-state index contributed by atoms with van der Waals surface area (Å²) < 4.78 is 2.25. The molecule has 0 spiro atoms. The van der Waals surface area contributed by atoms with E-state index in [1.54, 1.807) is 17.3 Å². The molecule has 9 heteroatoms. The van der Waals surface area contributed by atoms with Crippen molar-refractivity contribution in [1.29, 1.82) is 0 Å². The molecule has 2 aromatic heterocycles. The number of fused-ring (bicyclic) bond motifs is 8. The Morgan fingerprint density at radius 1 is 1.28 bits per heavy atom. The van der Waals surface area contributed by atoms with Crippen LogP contribution in [0.1, 0.15) is 41.1 Å². The van der Waals surface area contributed by atoms with E-state index >= 15 is 0 Å². The molecule has 6 rings (SSSR count). The lowest BCUT2D eigenvalue weighted by atomic mass is 9.87. The van der Waals surface area contributed by atoms with Gasteiger partial charge in [0.15, 0.2) is 5.16 Å². The number of hydrazine groups is 1. The first-order chi connectivity index (χ1) is 14.2. The van der Waals surface area contributed by atoms with E-state index in [1.165, 1.54) is 40.3 Å². The van der Waals surface area contributed by atoms with Gasteiger partial charge in [0.1, 0.15) is 11.2 Å². The number of nitrogens with one attached hydrogen (secondary N) is 2. The van der Waals surface area contributed by atoms with Crippen molar-refractivity contribution in [3.8, 4) is 5.00 Å². The summed E-state index contributed by atoms with van der Waals surface area (Å²) >= 11 is 9.68. The van der Waals surface area contributed by atoms with Gasteiger partial charge in [-0.1, -0.05) is 42.4 Å². The minimum absolute atomic E-state index is 0.143. The first-order valence-corrected chi connectivity index (χ1v) is 12.1. The number of hydrogen-bond donors (Lipinski definition) is 2. The first-order valence-electron chi connectivity index (χ1n) is 9.92. The zero-order valence-electron chi connectivity index (χ0n) is 16.0. The third kappa shape index (κ3) is 2.92. The van der Waals surface area contributed by atoms with Gasteiger partial charge in [0.05, 0.1) is 6.67 Å². The van der Waals surface area contributed by atoms with E-state index in [0.717, 1.165) is 34.5 Å². The van der Waals surface area contributed by atoms with E-state index in [9.17, 15) is 0 Å². The lowest BCUT2D eigenvalue weighted by molar-refractivity contribution is 0.499. The molecule has 0 radical (unpaired) electrons. The van der Waals surface area contributed by atoms with Gasteiger partial charge in [-0.2, -0.15) is 0 Å². The van der Waals surface area contributed by atoms with Gasteiger partial charge in [0, 0.05) is 21.2 Å². The van der Waals surface area contributed by atoms with E-state index < -0.39 is 0 Å². The summed E-state index contributed by atoms with van der Waals surface area (Å²) in [6.45, 7) is 3.10. The number of thiophene rings is 1. The van der Waals surface area contributed by atoms with Gasteiger partial charge in [-0.05, 0) is 48.4 Å². The van der Waals surface area contributed by atoms with Crippen LogP contribution in [0, 0.1) is 5.92 Å². The SMILES string of the molecule is C[C@@H]1CCc2c(sc3c2C2NCNN2c2nnc(SCc4ccc(Cl)cc4)n2-3)C1. The molecule has 1 aromatic carbocycles. The normalized spacial score (nSPS) is 22.2. The Kier molecular flexibility index (Phi) is 4.39. The first kappa shape index (κ1) is 18.2. The number of nitrogens with zero attached hydrogens (tertiary/aromatic N) is 4. The Balaban J connectivity index is 1.41. The van der Waals surface area contributed by atoms with Crippen molar-refractivity contribution in [2.24, 2.45) is 5.92 Å². The van der Waals surface area contributed by atoms with Gasteiger partial charge in [0.25, 0.3) is 0 Å². The number of aromatic nitrogens is 3. The number of anilines is 1. The Hall–Kier alpha value is -1.58. The van der Waals surface area contributed by atoms with Crippen LogP contribution >= 0.6 is 34.7 Å². The molecule has 6 nitrogen and oxygen atoms in total. The van der Waals surface area contributed by atoms with E-state index in [1.807, 2.05) is 23.5 Å². The fraction of sp³-hybridized carbons (Fsp3) is 0.400. The molecular formula is C20H21ClN6S2. The quantitative estimate of drug-likeness (QED) is 0.588. The van der Waals surface area contributed by atoms with E-state index in [0.29, 0.717) is 0 Å². The molecule has 0 saturated carbocycles. The van der Waals surface area contributed by atoms with Gasteiger partial charge in [-0.3, -0.25) is 10.3 Å². The average Bonchev–Trinajstić information content (AvgIpc) is 3.42. The molecule has 1 saturated heterocycles. The lowest BCUT2D eigenvalue weighted by Crippen LogP contribution is -2.39. The molecule has 29 heavy (non-hydrogen) atoms. The van der Waals surface area contributed by atoms with Crippen LogP contribution in [0.5, 0.6) is 0 Å².